The second-order valence-corrected chi connectivity index (χ2v) is 6.00. The summed E-state index contributed by atoms with van der Waals surface area (Å²) in [7, 11) is 0. The Morgan fingerprint density at radius 1 is 1.38 bits per heavy atom. The topological polar surface area (TPSA) is 55.1 Å². The minimum Gasteiger partial charge on any atom is -0.353 e. The van der Waals surface area contributed by atoms with Crippen molar-refractivity contribution in [2.24, 2.45) is 35.3 Å². The molecular formula is C13H22N2O. The van der Waals surface area contributed by atoms with Gasteiger partial charge in [-0.05, 0) is 55.9 Å². The zero-order valence-corrected chi connectivity index (χ0v) is 9.99. The minimum atomic E-state index is 0.0870. The van der Waals surface area contributed by atoms with Crippen molar-refractivity contribution in [1.29, 1.82) is 0 Å². The van der Waals surface area contributed by atoms with Crippen LogP contribution in [0.1, 0.15) is 32.6 Å². The van der Waals surface area contributed by atoms with Gasteiger partial charge < -0.3 is 11.1 Å². The zero-order chi connectivity index (χ0) is 11.3. The van der Waals surface area contributed by atoms with Gasteiger partial charge >= 0.3 is 0 Å². The van der Waals surface area contributed by atoms with E-state index in [1.165, 1.54) is 19.3 Å². The lowest BCUT2D eigenvalue weighted by Crippen LogP contribution is -2.34. The summed E-state index contributed by atoms with van der Waals surface area (Å²) in [6.45, 7) is 2.59. The molecule has 90 valence electrons. The van der Waals surface area contributed by atoms with Gasteiger partial charge in [-0.2, -0.15) is 0 Å². The fraction of sp³-hybridized carbons (Fsp3) is 0.923. The van der Waals surface area contributed by atoms with Crippen LogP contribution < -0.4 is 11.1 Å². The molecule has 5 unspecified atom stereocenters. The number of amides is 1. The van der Waals surface area contributed by atoms with E-state index < -0.39 is 0 Å². The van der Waals surface area contributed by atoms with Crippen molar-refractivity contribution in [2.75, 3.05) is 6.54 Å². The van der Waals surface area contributed by atoms with Crippen molar-refractivity contribution in [2.45, 2.75) is 38.6 Å². The van der Waals surface area contributed by atoms with E-state index in [0.717, 1.165) is 30.1 Å². The summed E-state index contributed by atoms with van der Waals surface area (Å²) < 4.78 is 0. The van der Waals surface area contributed by atoms with Crippen LogP contribution in [0.4, 0.5) is 0 Å². The molecule has 0 aliphatic heterocycles. The first-order valence-corrected chi connectivity index (χ1v) is 6.72. The molecule has 0 radical (unpaired) electrons. The maximum Gasteiger partial charge on any atom is 0.223 e. The first-order valence-electron chi connectivity index (χ1n) is 6.72. The van der Waals surface area contributed by atoms with Crippen molar-refractivity contribution >= 4 is 5.91 Å². The van der Waals surface area contributed by atoms with Crippen LogP contribution in [-0.2, 0) is 4.79 Å². The van der Waals surface area contributed by atoms with Crippen LogP contribution in [0.25, 0.3) is 0 Å². The van der Waals surface area contributed by atoms with Crippen molar-refractivity contribution in [3.05, 3.63) is 0 Å². The summed E-state index contributed by atoms with van der Waals surface area (Å²) in [6, 6.07) is 0.527. The molecule has 0 saturated heterocycles. The van der Waals surface area contributed by atoms with Crippen LogP contribution in [0.5, 0.6) is 0 Å². The van der Waals surface area contributed by atoms with Gasteiger partial charge in [-0.1, -0.05) is 6.92 Å². The zero-order valence-electron chi connectivity index (χ0n) is 9.99. The molecule has 3 saturated carbocycles. The lowest BCUT2D eigenvalue weighted by molar-refractivity contribution is -0.125. The van der Waals surface area contributed by atoms with Gasteiger partial charge in [0.05, 0.1) is 0 Å². The Labute approximate surface area is 97.2 Å². The third-order valence-electron chi connectivity index (χ3n) is 5.09. The summed E-state index contributed by atoms with van der Waals surface area (Å²) in [5, 5.41) is 3.25. The molecule has 1 amide bonds. The van der Waals surface area contributed by atoms with Gasteiger partial charge in [0.1, 0.15) is 0 Å². The standard InChI is InChI=1S/C13H22N2O/c1-7(4-5-14)13(16)15-12-10-8-2-3-9(6-8)11(10)12/h7-12H,2-6,14H2,1H3,(H,15,16). The molecule has 3 aliphatic rings. The highest BCUT2D eigenvalue weighted by atomic mass is 16.2. The highest BCUT2D eigenvalue weighted by Crippen LogP contribution is 2.65. The predicted molar refractivity (Wildman–Crippen MR) is 62.6 cm³/mol. The predicted octanol–water partition coefficient (Wildman–Crippen LogP) is 1.13. The number of nitrogens with two attached hydrogens (primary N) is 1. The summed E-state index contributed by atoms with van der Waals surface area (Å²) in [4.78, 5) is 11.9. The second kappa shape index (κ2) is 3.73. The molecule has 3 heteroatoms. The second-order valence-electron chi connectivity index (χ2n) is 6.00. The third kappa shape index (κ3) is 1.48. The fourth-order valence-electron chi connectivity index (χ4n) is 4.21. The Morgan fingerprint density at radius 2 is 2.00 bits per heavy atom. The number of rotatable bonds is 4. The van der Waals surface area contributed by atoms with Crippen LogP contribution in [0.2, 0.25) is 0 Å². The van der Waals surface area contributed by atoms with E-state index in [1.807, 2.05) is 6.92 Å². The smallest absolute Gasteiger partial charge is 0.223 e. The lowest BCUT2D eigenvalue weighted by atomic mass is 10.0. The van der Waals surface area contributed by atoms with Crippen molar-refractivity contribution in [3.63, 3.8) is 0 Å². The first-order chi connectivity index (χ1) is 7.72. The summed E-state index contributed by atoms with van der Waals surface area (Å²) in [5.74, 6) is 3.86. The van der Waals surface area contributed by atoms with Crippen LogP contribution in [0.15, 0.2) is 0 Å². The molecule has 5 atom stereocenters. The minimum absolute atomic E-state index is 0.0870. The van der Waals surface area contributed by atoms with Gasteiger partial charge in [-0.3, -0.25) is 4.79 Å². The van der Waals surface area contributed by atoms with Crippen molar-refractivity contribution in [3.8, 4) is 0 Å². The number of carbonyl (C=O) groups is 1. The first kappa shape index (κ1) is 10.6. The normalized spacial score (nSPS) is 45.2. The number of nitrogens with one attached hydrogen (secondary N) is 1. The molecule has 0 aromatic rings. The molecule has 3 N–H and O–H groups in total. The Bertz CT molecular complexity index is 288. The molecule has 3 rings (SSSR count). The van der Waals surface area contributed by atoms with Gasteiger partial charge in [-0.15, -0.1) is 0 Å². The highest BCUT2D eigenvalue weighted by Gasteiger charge is 2.65. The summed E-state index contributed by atoms with van der Waals surface area (Å²) in [6.07, 6.45) is 5.08. The third-order valence-corrected chi connectivity index (χ3v) is 5.09. The molecule has 0 aromatic carbocycles. The van der Waals surface area contributed by atoms with E-state index in [-0.39, 0.29) is 11.8 Å². The Hall–Kier alpha value is -0.570. The number of hydrogen-bond acceptors (Lipinski definition) is 2. The number of hydrogen-bond donors (Lipinski definition) is 2. The highest BCUT2D eigenvalue weighted by molar-refractivity contribution is 5.79. The molecule has 0 aromatic heterocycles. The van der Waals surface area contributed by atoms with Gasteiger partial charge in [0.25, 0.3) is 0 Å². The molecule has 3 nitrogen and oxygen atoms in total. The van der Waals surface area contributed by atoms with Gasteiger partial charge in [-0.25, -0.2) is 0 Å². The lowest BCUT2D eigenvalue weighted by Gasteiger charge is -2.14. The van der Waals surface area contributed by atoms with E-state index in [9.17, 15) is 4.79 Å². The molecule has 0 heterocycles. The molecular weight excluding hydrogens is 200 g/mol. The molecule has 3 fully saturated rings. The van der Waals surface area contributed by atoms with Crippen LogP contribution >= 0.6 is 0 Å². The fourth-order valence-corrected chi connectivity index (χ4v) is 4.21. The largest absolute Gasteiger partial charge is 0.353 e. The van der Waals surface area contributed by atoms with Crippen LogP contribution in [-0.4, -0.2) is 18.5 Å². The average molecular weight is 222 g/mol. The van der Waals surface area contributed by atoms with E-state index in [2.05, 4.69) is 5.32 Å². The van der Waals surface area contributed by atoms with E-state index in [0.29, 0.717) is 12.6 Å². The monoisotopic (exact) mass is 222 g/mol. The van der Waals surface area contributed by atoms with Crippen molar-refractivity contribution in [1.82, 2.24) is 5.32 Å². The van der Waals surface area contributed by atoms with E-state index >= 15 is 0 Å². The van der Waals surface area contributed by atoms with Gasteiger partial charge in [0, 0.05) is 12.0 Å². The Balaban J connectivity index is 1.53. The van der Waals surface area contributed by atoms with E-state index in [4.69, 9.17) is 5.73 Å². The summed E-state index contributed by atoms with van der Waals surface area (Å²) in [5.41, 5.74) is 5.48. The Morgan fingerprint density at radius 3 is 2.56 bits per heavy atom. The SMILES string of the molecule is CC(CCN)C(=O)NC1C2C3CCC(C3)C12. The molecule has 16 heavy (non-hydrogen) atoms. The maximum atomic E-state index is 11.9. The molecule has 2 bridgehead atoms. The van der Waals surface area contributed by atoms with E-state index in [1.54, 1.807) is 0 Å². The van der Waals surface area contributed by atoms with Crippen LogP contribution in [0, 0.1) is 29.6 Å². The quantitative estimate of drug-likeness (QED) is 0.749. The van der Waals surface area contributed by atoms with Crippen molar-refractivity contribution < 1.29 is 4.79 Å². The Kier molecular flexibility index (Phi) is 2.46. The molecule has 3 aliphatic carbocycles. The average Bonchev–Trinajstić information content (AvgIpc) is 2.69. The number of fused-ring (bicyclic) bond motifs is 5. The summed E-state index contributed by atoms with van der Waals surface area (Å²) >= 11 is 0. The molecule has 0 spiro atoms. The van der Waals surface area contributed by atoms with Crippen LogP contribution in [0.3, 0.4) is 0 Å². The maximum absolute atomic E-state index is 11.9. The van der Waals surface area contributed by atoms with Gasteiger partial charge in [0.15, 0.2) is 0 Å². The number of carbonyl (C=O) groups excluding carboxylic acids is 1. The van der Waals surface area contributed by atoms with Gasteiger partial charge in [0.2, 0.25) is 5.91 Å².